The van der Waals surface area contributed by atoms with Crippen LogP contribution in [0.2, 0.25) is 0 Å². The first-order chi connectivity index (χ1) is 10.1. The highest BCUT2D eigenvalue weighted by molar-refractivity contribution is 5.85. The Labute approximate surface area is 126 Å². The van der Waals surface area contributed by atoms with Crippen molar-refractivity contribution in [2.45, 2.75) is 57.7 Å². The van der Waals surface area contributed by atoms with Gasteiger partial charge in [-0.2, -0.15) is 0 Å². The summed E-state index contributed by atoms with van der Waals surface area (Å²) in [5, 5.41) is 6.16. The molecular weight excluding hydrogens is 270 g/mol. The Morgan fingerprint density at radius 3 is 2.33 bits per heavy atom. The number of rotatable bonds is 5. The molecule has 1 saturated carbocycles. The monoisotopic (exact) mass is 297 g/mol. The fourth-order valence-corrected chi connectivity index (χ4v) is 2.98. The minimum absolute atomic E-state index is 0.0106. The van der Waals surface area contributed by atoms with Gasteiger partial charge < -0.3 is 15.0 Å². The van der Waals surface area contributed by atoms with E-state index in [1.165, 1.54) is 12.8 Å². The van der Waals surface area contributed by atoms with Crippen molar-refractivity contribution in [1.82, 2.24) is 15.5 Å². The Bertz CT molecular complexity index is 363. The molecule has 0 radical (unpaired) electrons. The van der Waals surface area contributed by atoms with Gasteiger partial charge in [0.2, 0.25) is 11.8 Å². The molecule has 2 amide bonds. The standard InChI is InChI=1S/C15H27N3O3/c1-11(14(19)17-13-5-3-4-6-13)16-12(2)15(20)18-7-9-21-10-8-18/h11-13,16H,3-10H2,1-2H3,(H,17,19). The minimum atomic E-state index is -0.356. The second-order valence-corrected chi connectivity index (χ2v) is 6.04. The van der Waals surface area contributed by atoms with Crippen LogP contribution in [0.4, 0.5) is 0 Å². The van der Waals surface area contributed by atoms with Gasteiger partial charge in [-0.3, -0.25) is 14.9 Å². The molecule has 2 N–H and O–H groups in total. The third kappa shape index (κ3) is 4.68. The van der Waals surface area contributed by atoms with Gasteiger partial charge in [-0.1, -0.05) is 12.8 Å². The van der Waals surface area contributed by atoms with E-state index in [0.29, 0.717) is 32.3 Å². The normalized spacial score (nSPS) is 22.9. The van der Waals surface area contributed by atoms with Crippen LogP contribution in [0.3, 0.4) is 0 Å². The molecule has 1 aliphatic heterocycles. The molecule has 6 nitrogen and oxygen atoms in total. The highest BCUT2D eigenvalue weighted by Crippen LogP contribution is 2.17. The van der Waals surface area contributed by atoms with Gasteiger partial charge in [0.15, 0.2) is 0 Å². The average molecular weight is 297 g/mol. The molecular formula is C15H27N3O3. The van der Waals surface area contributed by atoms with Crippen LogP contribution in [0.1, 0.15) is 39.5 Å². The van der Waals surface area contributed by atoms with Crippen molar-refractivity contribution in [2.24, 2.45) is 0 Å². The summed E-state index contributed by atoms with van der Waals surface area (Å²) in [5.74, 6) is 0.0299. The predicted octanol–water partition coefficient (Wildman–Crippen LogP) is 0.271. The molecule has 0 bridgehead atoms. The maximum atomic E-state index is 12.3. The maximum absolute atomic E-state index is 12.3. The van der Waals surface area contributed by atoms with Crippen molar-refractivity contribution in [2.75, 3.05) is 26.3 Å². The first-order valence-corrected chi connectivity index (χ1v) is 8.01. The van der Waals surface area contributed by atoms with Crippen LogP contribution < -0.4 is 10.6 Å². The Morgan fingerprint density at radius 2 is 1.71 bits per heavy atom. The molecule has 1 heterocycles. The zero-order valence-electron chi connectivity index (χ0n) is 13.1. The molecule has 6 heteroatoms. The smallest absolute Gasteiger partial charge is 0.239 e. The van der Waals surface area contributed by atoms with Crippen LogP contribution >= 0.6 is 0 Å². The van der Waals surface area contributed by atoms with Gasteiger partial charge in [-0.25, -0.2) is 0 Å². The number of morpholine rings is 1. The maximum Gasteiger partial charge on any atom is 0.239 e. The van der Waals surface area contributed by atoms with E-state index in [9.17, 15) is 9.59 Å². The number of hydrogen-bond acceptors (Lipinski definition) is 4. The first kappa shape index (κ1) is 16.2. The molecule has 0 aromatic rings. The molecule has 0 spiro atoms. The molecule has 21 heavy (non-hydrogen) atoms. The van der Waals surface area contributed by atoms with E-state index in [1.54, 1.807) is 4.90 Å². The number of carbonyl (C=O) groups excluding carboxylic acids is 2. The van der Waals surface area contributed by atoms with Gasteiger partial charge in [-0.05, 0) is 26.7 Å². The van der Waals surface area contributed by atoms with Crippen molar-refractivity contribution in [3.63, 3.8) is 0 Å². The van der Waals surface area contributed by atoms with Crippen LogP contribution in [0.15, 0.2) is 0 Å². The number of hydrogen-bond donors (Lipinski definition) is 2. The van der Waals surface area contributed by atoms with Crippen LogP contribution in [0, 0.1) is 0 Å². The number of ether oxygens (including phenoxy) is 1. The second-order valence-electron chi connectivity index (χ2n) is 6.04. The van der Waals surface area contributed by atoms with Gasteiger partial charge in [0.05, 0.1) is 25.3 Å². The SMILES string of the molecule is CC(NC(C)C(=O)N1CCOCC1)C(=O)NC1CCCC1. The zero-order valence-corrected chi connectivity index (χ0v) is 13.1. The van der Waals surface area contributed by atoms with Gasteiger partial charge in [0.1, 0.15) is 0 Å². The van der Waals surface area contributed by atoms with Gasteiger partial charge in [0, 0.05) is 19.1 Å². The molecule has 2 atom stereocenters. The molecule has 2 aliphatic rings. The van der Waals surface area contributed by atoms with E-state index in [4.69, 9.17) is 4.74 Å². The minimum Gasteiger partial charge on any atom is -0.378 e. The van der Waals surface area contributed by atoms with Gasteiger partial charge in [0.25, 0.3) is 0 Å². The fraction of sp³-hybridized carbons (Fsp3) is 0.867. The second kappa shape index (κ2) is 7.75. The summed E-state index contributed by atoms with van der Waals surface area (Å²) in [6.45, 7) is 6.08. The molecule has 1 aliphatic carbocycles. The van der Waals surface area contributed by atoms with E-state index in [2.05, 4.69) is 10.6 Å². The van der Waals surface area contributed by atoms with Crippen LogP contribution in [0.25, 0.3) is 0 Å². The van der Waals surface area contributed by atoms with Crippen LogP contribution in [0.5, 0.6) is 0 Å². The van der Waals surface area contributed by atoms with E-state index < -0.39 is 0 Å². The molecule has 0 aromatic heterocycles. The van der Waals surface area contributed by atoms with Crippen LogP contribution in [-0.2, 0) is 14.3 Å². The summed E-state index contributed by atoms with van der Waals surface area (Å²) in [6.07, 6.45) is 4.53. The van der Waals surface area contributed by atoms with E-state index in [1.807, 2.05) is 13.8 Å². The van der Waals surface area contributed by atoms with Crippen molar-refractivity contribution in [1.29, 1.82) is 0 Å². The van der Waals surface area contributed by atoms with Gasteiger partial charge >= 0.3 is 0 Å². The Morgan fingerprint density at radius 1 is 1.10 bits per heavy atom. The van der Waals surface area contributed by atoms with Crippen LogP contribution in [-0.4, -0.2) is 61.1 Å². The lowest BCUT2D eigenvalue weighted by Crippen LogP contribution is -2.54. The number of nitrogens with one attached hydrogen (secondary N) is 2. The Hall–Kier alpha value is -1.14. The first-order valence-electron chi connectivity index (χ1n) is 8.01. The molecule has 0 aromatic carbocycles. The molecule has 2 unspecified atom stereocenters. The molecule has 2 rings (SSSR count). The zero-order chi connectivity index (χ0) is 15.2. The van der Waals surface area contributed by atoms with Crippen molar-refractivity contribution in [3.8, 4) is 0 Å². The topological polar surface area (TPSA) is 70.7 Å². The van der Waals surface area contributed by atoms with E-state index >= 15 is 0 Å². The summed E-state index contributed by atoms with van der Waals surface area (Å²) in [6, 6.07) is -0.398. The highest BCUT2D eigenvalue weighted by atomic mass is 16.5. The van der Waals surface area contributed by atoms with Crippen molar-refractivity contribution >= 4 is 11.8 Å². The third-order valence-electron chi connectivity index (χ3n) is 4.29. The Kier molecular flexibility index (Phi) is 5.99. The number of nitrogens with zero attached hydrogens (tertiary/aromatic N) is 1. The summed E-state index contributed by atoms with van der Waals surface area (Å²) < 4.78 is 5.24. The van der Waals surface area contributed by atoms with E-state index in [-0.39, 0.29) is 23.9 Å². The summed E-state index contributed by atoms with van der Waals surface area (Å²) >= 11 is 0. The summed E-state index contributed by atoms with van der Waals surface area (Å²) in [7, 11) is 0. The summed E-state index contributed by atoms with van der Waals surface area (Å²) in [4.78, 5) is 26.2. The van der Waals surface area contributed by atoms with Crippen molar-refractivity contribution in [3.05, 3.63) is 0 Å². The van der Waals surface area contributed by atoms with Gasteiger partial charge in [-0.15, -0.1) is 0 Å². The van der Waals surface area contributed by atoms with Crippen molar-refractivity contribution < 1.29 is 14.3 Å². The number of amides is 2. The Balaban J connectivity index is 1.75. The van der Waals surface area contributed by atoms with E-state index in [0.717, 1.165) is 12.8 Å². The lowest BCUT2D eigenvalue weighted by Gasteiger charge is -2.30. The molecule has 2 fully saturated rings. The third-order valence-corrected chi connectivity index (χ3v) is 4.29. The lowest BCUT2D eigenvalue weighted by molar-refractivity contribution is -0.137. The molecule has 120 valence electrons. The number of carbonyl (C=O) groups is 2. The predicted molar refractivity (Wildman–Crippen MR) is 79.9 cm³/mol. The quantitative estimate of drug-likeness (QED) is 0.764. The lowest BCUT2D eigenvalue weighted by atomic mass is 10.2. The fourth-order valence-electron chi connectivity index (χ4n) is 2.98. The average Bonchev–Trinajstić information content (AvgIpc) is 3.00. The summed E-state index contributed by atoms with van der Waals surface area (Å²) in [5.41, 5.74) is 0. The molecule has 1 saturated heterocycles. The largest absolute Gasteiger partial charge is 0.378 e. The highest BCUT2D eigenvalue weighted by Gasteiger charge is 2.26.